The average Bonchev–Trinajstić information content (AvgIpc) is 2.47. The summed E-state index contributed by atoms with van der Waals surface area (Å²) in [6.07, 6.45) is 6.82. The number of halogens is 1. The lowest BCUT2D eigenvalue weighted by Crippen LogP contribution is -2.32. The van der Waals surface area contributed by atoms with E-state index in [2.05, 4.69) is 32.3 Å². The van der Waals surface area contributed by atoms with Crippen LogP contribution in [0.4, 0.5) is 0 Å². The Bertz CT molecular complexity index is 571. The van der Waals surface area contributed by atoms with E-state index in [-0.39, 0.29) is 0 Å². The Balaban J connectivity index is 2.05. The van der Waals surface area contributed by atoms with E-state index >= 15 is 0 Å². The lowest BCUT2D eigenvalue weighted by molar-refractivity contribution is 0.419. The highest BCUT2D eigenvalue weighted by Gasteiger charge is 2.26. The zero-order valence-corrected chi connectivity index (χ0v) is 12.3. The second-order valence-corrected chi connectivity index (χ2v) is 5.98. The predicted molar refractivity (Wildman–Crippen MR) is 78.4 cm³/mol. The molecule has 1 aliphatic carbocycles. The van der Waals surface area contributed by atoms with Crippen LogP contribution in [0.3, 0.4) is 0 Å². The molecule has 1 atom stereocenters. The summed E-state index contributed by atoms with van der Waals surface area (Å²) >= 11 is 3.32. The van der Waals surface area contributed by atoms with Crippen LogP contribution in [0.2, 0.25) is 0 Å². The molecule has 1 fully saturated rings. The fourth-order valence-corrected chi connectivity index (χ4v) is 3.50. The van der Waals surface area contributed by atoms with Gasteiger partial charge in [0.25, 0.3) is 0 Å². The zero-order chi connectivity index (χ0) is 13.2. The maximum Gasteiger partial charge on any atom is 0.123 e. The van der Waals surface area contributed by atoms with Crippen molar-refractivity contribution in [3.63, 3.8) is 0 Å². The van der Waals surface area contributed by atoms with Gasteiger partial charge in [-0.25, -0.2) is 4.98 Å². The number of nitriles is 1. The summed E-state index contributed by atoms with van der Waals surface area (Å²) in [4.78, 5) is 4.30. The monoisotopic (exact) mass is 317 g/mol. The Morgan fingerprint density at radius 3 is 3.16 bits per heavy atom. The van der Waals surface area contributed by atoms with Gasteiger partial charge in [-0.3, -0.25) is 0 Å². The third-order valence-corrected chi connectivity index (χ3v) is 4.78. The van der Waals surface area contributed by atoms with Gasteiger partial charge >= 0.3 is 0 Å². The van der Waals surface area contributed by atoms with Crippen molar-refractivity contribution in [1.29, 1.82) is 5.26 Å². The third kappa shape index (κ3) is 2.45. The summed E-state index contributed by atoms with van der Waals surface area (Å²) in [5, 5.41) is 12.6. The Hall–Kier alpha value is -1.18. The van der Waals surface area contributed by atoms with E-state index in [9.17, 15) is 0 Å². The van der Waals surface area contributed by atoms with E-state index in [1.54, 1.807) is 5.57 Å². The van der Waals surface area contributed by atoms with Gasteiger partial charge in [-0.15, -0.1) is 0 Å². The van der Waals surface area contributed by atoms with Gasteiger partial charge in [0.2, 0.25) is 0 Å². The molecule has 98 valence electrons. The SMILES string of the molecule is N#Cc1cc(C2=C3CNCCC3CCC2)cnc1Br. The highest BCUT2D eigenvalue weighted by atomic mass is 79.9. The number of hydrogen-bond acceptors (Lipinski definition) is 3. The number of nitrogens with one attached hydrogen (secondary N) is 1. The molecule has 1 N–H and O–H groups in total. The number of rotatable bonds is 1. The maximum atomic E-state index is 9.13. The molecule has 3 nitrogen and oxygen atoms in total. The van der Waals surface area contributed by atoms with Crippen LogP contribution in [0.25, 0.3) is 5.57 Å². The van der Waals surface area contributed by atoms with Crippen LogP contribution in [-0.2, 0) is 0 Å². The summed E-state index contributed by atoms with van der Waals surface area (Å²) in [6.45, 7) is 2.13. The Kier molecular flexibility index (Phi) is 3.67. The minimum atomic E-state index is 0.622. The molecule has 0 radical (unpaired) electrons. The summed E-state index contributed by atoms with van der Waals surface area (Å²) in [5.74, 6) is 0.735. The quantitative estimate of drug-likeness (QED) is 0.809. The van der Waals surface area contributed by atoms with Gasteiger partial charge in [0.1, 0.15) is 10.7 Å². The molecule has 2 heterocycles. The number of piperidine rings is 1. The standard InChI is InChI=1S/C15H16BrN3/c16-15-11(7-17)6-12(8-19-15)13-3-1-2-10-4-5-18-9-14(10)13/h6,8,10,18H,1-5,9H2. The average molecular weight is 318 g/mol. The van der Waals surface area contributed by atoms with Gasteiger partial charge in [-0.05, 0) is 76.9 Å². The number of nitrogens with zero attached hydrogens (tertiary/aromatic N) is 2. The van der Waals surface area contributed by atoms with Crippen molar-refractivity contribution in [2.24, 2.45) is 5.92 Å². The van der Waals surface area contributed by atoms with Crippen molar-refractivity contribution in [2.75, 3.05) is 13.1 Å². The van der Waals surface area contributed by atoms with Crippen molar-refractivity contribution in [1.82, 2.24) is 10.3 Å². The van der Waals surface area contributed by atoms with Crippen molar-refractivity contribution in [3.8, 4) is 6.07 Å². The molecule has 1 aromatic rings. The molecule has 3 rings (SSSR count). The third-order valence-electron chi connectivity index (χ3n) is 4.15. The molecule has 1 unspecified atom stereocenters. The smallest absolute Gasteiger partial charge is 0.123 e. The molecule has 0 saturated carbocycles. The number of pyridine rings is 1. The fraction of sp³-hybridized carbons (Fsp3) is 0.467. The van der Waals surface area contributed by atoms with Crippen LogP contribution < -0.4 is 5.32 Å². The normalized spacial score (nSPS) is 22.8. The van der Waals surface area contributed by atoms with Crippen molar-refractivity contribution in [2.45, 2.75) is 25.7 Å². The number of aromatic nitrogens is 1. The first-order valence-electron chi connectivity index (χ1n) is 6.78. The van der Waals surface area contributed by atoms with Gasteiger partial charge in [0.15, 0.2) is 0 Å². The molecule has 19 heavy (non-hydrogen) atoms. The molecule has 1 aromatic heterocycles. The minimum Gasteiger partial charge on any atom is -0.313 e. The van der Waals surface area contributed by atoms with Crippen molar-refractivity contribution >= 4 is 21.5 Å². The van der Waals surface area contributed by atoms with E-state index in [0.29, 0.717) is 10.2 Å². The predicted octanol–water partition coefficient (Wildman–Crippen LogP) is 3.26. The zero-order valence-electron chi connectivity index (χ0n) is 10.7. The van der Waals surface area contributed by atoms with Gasteiger partial charge in [0.05, 0.1) is 5.56 Å². The summed E-state index contributed by atoms with van der Waals surface area (Å²) in [5.41, 5.74) is 4.71. The Labute approximate surface area is 121 Å². The number of allylic oxidation sites excluding steroid dienone is 1. The van der Waals surface area contributed by atoms with Crippen LogP contribution in [0.1, 0.15) is 36.8 Å². The molecule has 0 amide bonds. The molecule has 0 spiro atoms. The van der Waals surface area contributed by atoms with Gasteiger partial charge in [-0.1, -0.05) is 0 Å². The second-order valence-electron chi connectivity index (χ2n) is 5.23. The lowest BCUT2D eigenvalue weighted by Gasteiger charge is -2.33. The molecule has 4 heteroatoms. The first-order valence-corrected chi connectivity index (χ1v) is 7.57. The summed E-state index contributed by atoms with van der Waals surface area (Å²) < 4.78 is 0.637. The first kappa shape index (κ1) is 12.8. The maximum absolute atomic E-state index is 9.13. The Morgan fingerprint density at radius 1 is 1.42 bits per heavy atom. The topological polar surface area (TPSA) is 48.7 Å². The highest BCUT2D eigenvalue weighted by Crippen LogP contribution is 2.38. The van der Waals surface area contributed by atoms with Crippen molar-refractivity contribution in [3.05, 3.63) is 33.6 Å². The largest absolute Gasteiger partial charge is 0.313 e. The highest BCUT2D eigenvalue weighted by molar-refractivity contribution is 9.10. The molecular weight excluding hydrogens is 302 g/mol. The minimum absolute atomic E-state index is 0.622. The van der Waals surface area contributed by atoms with E-state index < -0.39 is 0 Å². The summed E-state index contributed by atoms with van der Waals surface area (Å²) in [7, 11) is 0. The first-order chi connectivity index (χ1) is 9.29. The van der Waals surface area contributed by atoms with E-state index in [0.717, 1.165) is 31.0 Å². The van der Waals surface area contributed by atoms with Crippen LogP contribution in [0, 0.1) is 17.2 Å². The van der Waals surface area contributed by atoms with Crippen LogP contribution in [0.15, 0.2) is 22.4 Å². The molecule has 1 saturated heterocycles. The molecule has 0 bridgehead atoms. The van der Waals surface area contributed by atoms with Crippen LogP contribution in [-0.4, -0.2) is 18.1 Å². The molecule has 2 aliphatic rings. The van der Waals surface area contributed by atoms with E-state index in [1.165, 1.54) is 24.8 Å². The lowest BCUT2D eigenvalue weighted by atomic mass is 9.77. The summed E-state index contributed by atoms with van der Waals surface area (Å²) in [6, 6.07) is 4.17. The van der Waals surface area contributed by atoms with Gasteiger partial charge < -0.3 is 5.32 Å². The second kappa shape index (κ2) is 5.44. The van der Waals surface area contributed by atoms with E-state index in [4.69, 9.17) is 5.26 Å². The van der Waals surface area contributed by atoms with Gasteiger partial charge in [-0.2, -0.15) is 5.26 Å². The number of hydrogen-bond donors (Lipinski definition) is 1. The fourth-order valence-electron chi connectivity index (χ4n) is 3.20. The van der Waals surface area contributed by atoms with Crippen LogP contribution >= 0.6 is 15.9 Å². The molecule has 1 aliphatic heterocycles. The van der Waals surface area contributed by atoms with Gasteiger partial charge in [0, 0.05) is 12.7 Å². The van der Waals surface area contributed by atoms with Crippen LogP contribution in [0.5, 0.6) is 0 Å². The van der Waals surface area contributed by atoms with E-state index in [1.807, 2.05) is 12.3 Å². The molecular formula is C15H16BrN3. The number of fused-ring (bicyclic) bond motifs is 1. The molecule has 0 aromatic carbocycles. The van der Waals surface area contributed by atoms with Crippen molar-refractivity contribution < 1.29 is 0 Å². The Morgan fingerprint density at radius 2 is 2.32 bits per heavy atom.